The predicted molar refractivity (Wildman–Crippen MR) is 78.7 cm³/mol. The first-order valence-corrected chi connectivity index (χ1v) is 6.37. The molecule has 0 aliphatic carbocycles. The van der Waals surface area contributed by atoms with Crippen molar-refractivity contribution in [3.05, 3.63) is 0 Å². The van der Waals surface area contributed by atoms with Crippen LogP contribution in [0.3, 0.4) is 0 Å². The topological polar surface area (TPSA) is 35.5 Å². The molecule has 0 unspecified atom stereocenters. The maximum absolute atomic E-state index is 10.3. The molecule has 0 N–H and O–H groups in total. The molecule has 0 spiro atoms. The van der Waals surface area contributed by atoms with Gasteiger partial charge in [-0.2, -0.15) is 0 Å². The van der Waals surface area contributed by atoms with Crippen LogP contribution in [0.5, 0.6) is 0 Å². The Morgan fingerprint density at radius 2 is 1.11 bits per heavy atom. The lowest BCUT2D eigenvalue weighted by molar-refractivity contribution is -0.144. The van der Waals surface area contributed by atoms with E-state index in [9.17, 15) is 4.79 Å². The van der Waals surface area contributed by atoms with Gasteiger partial charge in [0.2, 0.25) is 0 Å². The summed E-state index contributed by atoms with van der Waals surface area (Å²) in [5.41, 5.74) is 0.542. The molecule has 0 aromatic heterocycles. The van der Waals surface area contributed by atoms with Crippen LogP contribution in [0.4, 0.5) is 0 Å². The van der Waals surface area contributed by atoms with Crippen molar-refractivity contribution in [3.8, 4) is 0 Å². The second-order valence-electron chi connectivity index (χ2n) is 6.99. The fourth-order valence-corrected chi connectivity index (χ4v) is 0.236. The zero-order chi connectivity index (χ0) is 15.6. The molecule has 0 aliphatic heterocycles. The van der Waals surface area contributed by atoms with E-state index >= 15 is 0 Å². The molecule has 0 atom stereocenters. The van der Waals surface area contributed by atoms with Gasteiger partial charge in [0.1, 0.15) is 0 Å². The van der Waals surface area contributed by atoms with Gasteiger partial charge in [-0.25, -0.2) is 0 Å². The highest BCUT2D eigenvalue weighted by atomic mass is 16.5. The van der Waals surface area contributed by atoms with Crippen LogP contribution in [0.15, 0.2) is 0 Å². The third-order valence-electron chi connectivity index (χ3n) is 1.28. The van der Waals surface area contributed by atoms with Crippen molar-refractivity contribution in [1.82, 2.24) is 0 Å². The molecular formula is C15H34O3. The van der Waals surface area contributed by atoms with Gasteiger partial charge in [-0.1, -0.05) is 41.5 Å². The molecule has 0 aromatic rings. The van der Waals surface area contributed by atoms with Crippen molar-refractivity contribution >= 4 is 5.97 Å². The van der Waals surface area contributed by atoms with Gasteiger partial charge in [0, 0.05) is 7.11 Å². The van der Waals surface area contributed by atoms with Crippen LogP contribution >= 0.6 is 0 Å². The van der Waals surface area contributed by atoms with E-state index in [2.05, 4.69) is 32.4 Å². The molecule has 0 saturated heterocycles. The molecular weight excluding hydrogens is 228 g/mol. The van der Waals surface area contributed by atoms with Crippen molar-refractivity contribution in [2.24, 2.45) is 11.3 Å². The second-order valence-corrected chi connectivity index (χ2v) is 6.99. The van der Waals surface area contributed by atoms with Crippen LogP contribution in [0.25, 0.3) is 0 Å². The monoisotopic (exact) mass is 262 g/mol. The molecule has 18 heavy (non-hydrogen) atoms. The summed E-state index contributed by atoms with van der Waals surface area (Å²) in [4.78, 5) is 10.3. The summed E-state index contributed by atoms with van der Waals surface area (Å²) >= 11 is 0. The standard InChI is InChI=1S/C5H10O2.C5H12O.C5H12/c1-4(2)5(6)7-3;1-5(2,3)6-4;1-5(2,3)4/h4H,1-3H3;1-4H3;1-4H3. The molecule has 0 rings (SSSR count). The molecule has 0 fully saturated rings. The Morgan fingerprint density at radius 3 is 1.11 bits per heavy atom. The number of methoxy groups -OCH3 is 2. The highest BCUT2D eigenvalue weighted by Gasteiger charge is 2.04. The lowest BCUT2D eigenvalue weighted by Crippen LogP contribution is -2.15. The largest absolute Gasteiger partial charge is 0.469 e. The van der Waals surface area contributed by atoms with Gasteiger partial charge in [0.15, 0.2) is 0 Å². The average Bonchev–Trinajstić information content (AvgIpc) is 2.13. The maximum atomic E-state index is 10.3. The van der Waals surface area contributed by atoms with Crippen LogP contribution in [0, 0.1) is 11.3 Å². The third-order valence-corrected chi connectivity index (χ3v) is 1.28. The van der Waals surface area contributed by atoms with Crippen molar-refractivity contribution in [2.75, 3.05) is 14.2 Å². The van der Waals surface area contributed by atoms with Gasteiger partial charge in [0.25, 0.3) is 0 Å². The van der Waals surface area contributed by atoms with E-state index in [4.69, 9.17) is 4.74 Å². The fraction of sp³-hybridized carbons (Fsp3) is 0.933. The van der Waals surface area contributed by atoms with E-state index in [0.717, 1.165) is 0 Å². The zero-order valence-electron chi connectivity index (χ0n) is 14.3. The van der Waals surface area contributed by atoms with Crippen molar-refractivity contribution in [3.63, 3.8) is 0 Å². The summed E-state index contributed by atoms with van der Waals surface area (Å²) in [5.74, 6) is -0.148. The molecule has 3 heteroatoms. The number of rotatable bonds is 1. The van der Waals surface area contributed by atoms with Crippen LogP contribution in [0.2, 0.25) is 0 Å². The Morgan fingerprint density at radius 1 is 0.889 bits per heavy atom. The van der Waals surface area contributed by atoms with E-state index < -0.39 is 0 Å². The third kappa shape index (κ3) is 45.2. The highest BCUT2D eigenvalue weighted by molar-refractivity contribution is 5.71. The molecule has 3 nitrogen and oxygen atoms in total. The zero-order valence-corrected chi connectivity index (χ0v) is 14.3. The van der Waals surface area contributed by atoms with Crippen molar-refractivity contribution < 1.29 is 14.3 Å². The summed E-state index contributed by atoms with van der Waals surface area (Å²) in [6.45, 7) is 18.4. The first-order valence-electron chi connectivity index (χ1n) is 6.37. The minimum absolute atomic E-state index is 0.00463. The Labute approximate surface area is 114 Å². The molecule has 0 bridgehead atoms. The molecule has 0 radical (unpaired) electrons. The molecule has 0 aromatic carbocycles. The van der Waals surface area contributed by atoms with Crippen LogP contribution in [-0.2, 0) is 14.3 Å². The van der Waals surface area contributed by atoms with Gasteiger partial charge >= 0.3 is 5.97 Å². The van der Waals surface area contributed by atoms with Crippen molar-refractivity contribution in [1.29, 1.82) is 0 Å². The minimum Gasteiger partial charge on any atom is -0.469 e. The fourth-order valence-electron chi connectivity index (χ4n) is 0.236. The van der Waals surface area contributed by atoms with E-state index in [0.29, 0.717) is 5.41 Å². The van der Waals surface area contributed by atoms with Gasteiger partial charge < -0.3 is 9.47 Å². The summed E-state index contributed by atoms with van der Waals surface area (Å²) in [6.07, 6.45) is 0. The summed E-state index contributed by atoms with van der Waals surface area (Å²) in [7, 11) is 3.10. The van der Waals surface area contributed by atoms with Crippen LogP contribution in [-0.4, -0.2) is 25.8 Å². The number of hydrogen-bond acceptors (Lipinski definition) is 3. The number of ether oxygens (including phenoxy) is 2. The van der Waals surface area contributed by atoms with Crippen LogP contribution in [0.1, 0.15) is 62.3 Å². The van der Waals surface area contributed by atoms with E-state index in [1.807, 2.05) is 20.8 Å². The number of hydrogen-bond donors (Lipinski definition) is 0. The molecule has 0 saturated carbocycles. The average molecular weight is 262 g/mol. The maximum Gasteiger partial charge on any atom is 0.308 e. The molecule has 0 amide bonds. The van der Waals surface area contributed by atoms with Crippen LogP contribution < -0.4 is 0 Å². The lowest BCUT2D eigenvalue weighted by atomic mass is 10.0. The van der Waals surface area contributed by atoms with E-state index in [1.54, 1.807) is 21.0 Å². The molecule has 112 valence electrons. The Balaban J connectivity index is -0.000000190. The van der Waals surface area contributed by atoms with E-state index in [-0.39, 0.29) is 17.5 Å². The smallest absolute Gasteiger partial charge is 0.308 e. The predicted octanol–water partition coefficient (Wildman–Crippen LogP) is 4.30. The Hall–Kier alpha value is -0.570. The first kappa shape index (κ1) is 22.6. The summed E-state index contributed by atoms with van der Waals surface area (Å²) in [6, 6.07) is 0. The number of esters is 1. The van der Waals surface area contributed by atoms with Crippen molar-refractivity contribution in [2.45, 2.75) is 67.9 Å². The molecule has 0 aliphatic rings. The van der Waals surface area contributed by atoms with E-state index in [1.165, 1.54) is 7.11 Å². The lowest BCUT2D eigenvalue weighted by Gasteiger charge is -2.14. The van der Waals surface area contributed by atoms with Gasteiger partial charge in [0.05, 0.1) is 18.6 Å². The summed E-state index contributed by atoms with van der Waals surface area (Å²) in [5, 5.41) is 0. The quantitative estimate of drug-likeness (QED) is 0.661. The van der Waals surface area contributed by atoms with Gasteiger partial charge in [-0.05, 0) is 26.2 Å². The molecule has 0 heterocycles. The second kappa shape index (κ2) is 10.4. The number of carbonyl (C=O) groups is 1. The highest BCUT2D eigenvalue weighted by Crippen LogP contribution is 2.08. The minimum atomic E-state index is -0.153. The Kier molecular flexibility index (Phi) is 13.0. The summed E-state index contributed by atoms with van der Waals surface area (Å²) < 4.78 is 9.31. The van der Waals surface area contributed by atoms with Gasteiger partial charge in [-0.15, -0.1) is 0 Å². The first-order chi connectivity index (χ1) is 7.74. The Bertz CT molecular complexity index is 189. The van der Waals surface area contributed by atoms with Gasteiger partial charge in [-0.3, -0.25) is 4.79 Å². The SMILES string of the molecule is CC(C)(C)C.COC(=O)C(C)C.COC(C)(C)C. The number of carbonyl (C=O) groups excluding carboxylic acids is 1. The normalized spacial score (nSPS) is 10.9.